The van der Waals surface area contributed by atoms with Crippen LogP contribution in [-0.2, 0) is 6.54 Å². The Kier molecular flexibility index (Phi) is 6.17. The summed E-state index contributed by atoms with van der Waals surface area (Å²) in [6.07, 6.45) is 0.816. The highest BCUT2D eigenvalue weighted by Gasteiger charge is 2.17. The maximum atomic E-state index is 12.8. The molecule has 0 aromatic heterocycles. The summed E-state index contributed by atoms with van der Waals surface area (Å²) in [4.78, 5) is 28.0. The van der Waals surface area contributed by atoms with Crippen molar-refractivity contribution in [1.29, 1.82) is 0 Å². The van der Waals surface area contributed by atoms with Crippen LogP contribution in [0, 0.1) is 0 Å². The van der Waals surface area contributed by atoms with E-state index in [9.17, 15) is 14.7 Å². The predicted molar refractivity (Wildman–Crippen MR) is 97.6 cm³/mol. The molecule has 132 valence electrons. The molecule has 0 radical (unpaired) electrons. The molecule has 2 amide bonds. The van der Waals surface area contributed by atoms with Gasteiger partial charge in [0.25, 0.3) is 11.8 Å². The van der Waals surface area contributed by atoms with Gasteiger partial charge >= 0.3 is 0 Å². The van der Waals surface area contributed by atoms with Crippen molar-refractivity contribution >= 4 is 11.8 Å². The predicted octanol–water partition coefficient (Wildman–Crippen LogP) is 3.15. The molecular formula is C20H24N2O3. The molecule has 0 spiro atoms. The van der Waals surface area contributed by atoms with Crippen LogP contribution in [0.4, 0.5) is 0 Å². The van der Waals surface area contributed by atoms with E-state index in [0.717, 1.165) is 6.42 Å². The number of phenols is 1. The molecule has 0 aliphatic carbocycles. The van der Waals surface area contributed by atoms with Crippen molar-refractivity contribution in [3.8, 4) is 5.75 Å². The quantitative estimate of drug-likeness (QED) is 0.879. The van der Waals surface area contributed by atoms with Crippen LogP contribution in [0.5, 0.6) is 5.75 Å². The SMILES string of the molecule is CCCN(Cc1ccccc1O)C(=O)c1ccc(C(=O)N(C)C)cc1. The summed E-state index contributed by atoms with van der Waals surface area (Å²) in [5.74, 6) is -0.0316. The van der Waals surface area contributed by atoms with Crippen molar-refractivity contribution in [1.82, 2.24) is 9.80 Å². The van der Waals surface area contributed by atoms with Gasteiger partial charge in [0, 0.05) is 43.9 Å². The molecule has 0 aliphatic rings. The van der Waals surface area contributed by atoms with Crippen LogP contribution in [0.1, 0.15) is 39.6 Å². The molecule has 0 heterocycles. The van der Waals surface area contributed by atoms with Crippen LogP contribution < -0.4 is 0 Å². The van der Waals surface area contributed by atoms with Gasteiger partial charge in [-0.3, -0.25) is 9.59 Å². The minimum atomic E-state index is -0.117. The van der Waals surface area contributed by atoms with Crippen LogP contribution in [-0.4, -0.2) is 47.4 Å². The van der Waals surface area contributed by atoms with Crippen LogP contribution in [0.2, 0.25) is 0 Å². The zero-order valence-corrected chi connectivity index (χ0v) is 14.9. The van der Waals surface area contributed by atoms with E-state index in [-0.39, 0.29) is 17.6 Å². The first-order valence-corrected chi connectivity index (χ1v) is 8.32. The molecule has 2 aromatic carbocycles. The second kappa shape index (κ2) is 8.33. The lowest BCUT2D eigenvalue weighted by Gasteiger charge is -2.23. The van der Waals surface area contributed by atoms with Gasteiger partial charge in [0.2, 0.25) is 0 Å². The standard InChI is InChI=1S/C20H24N2O3/c1-4-13-22(14-17-7-5-6-8-18(17)23)20(25)16-11-9-15(10-12-16)19(24)21(2)3/h5-12,23H,4,13-14H2,1-3H3. The number of nitrogens with zero attached hydrogens (tertiary/aromatic N) is 2. The molecule has 0 saturated heterocycles. The van der Waals surface area contributed by atoms with Crippen molar-refractivity contribution in [2.75, 3.05) is 20.6 Å². The van der Waals surface area contributed by atoms with Crippen molar-refractivity contribution in [2.24, 2.45) is 0 Å². The zero-order chi connectivity index (χ0) is 18.4. The third-order valence-corrected chi connectivity index (χ3v) is 3.92. The van der Waals surface area contributed by atoms with Crippen LogP contribution >= 0.6 is 0 Å². The fourth-order valence-electron chi connectivity index (χ4n) is 2.57. The van der Waals surface area contributed by atoms with E-state index in [0.29, 0.717) is 29.8 Å². The molecule has 0 aliphatic heterocycles. The monoisotopic (exact) mass is 340 g/mol. The van der Waals surface area contributed by atoms with Gasteiger partial charge < -0.3 is 14.9 Å². The first-order chi connectivity index (χ1) is 11.9. The number of hydrogen-bond acceptors (Lipinski definition) is 3. The number of phenolic OH excluding ortho intramolecular Hbond substituents is 1. The van der Waals surface area contributed by atoms with Crippen molar-refractivity contribution in [3.05, 3.63) is 65.2 Å². The fraction of sp³-hybridized carbons (Fsp3) is 0.300. The molecule has 2 aromatic rings. The minimum absolute atomic E-state index is 0.0985. The van der Waals surface area contributed by atoms with Gasteiger partial charge in [-0.1, -0.05) is 25.1 Å². The molecule has 0 fully saturated rings. The van der Waals surface area contributed by atoms with E-state index in [1.807, 2.05) is 19.1 Å². The number of aromatic hydroxyl groups is 1. The topological polar surface area (TPSA) is 60.9 Å². The van der Waals surface area contributed by atoms with E-state index >= 15 is 0 Å². The molecule has 1 N–H and O–H groups in total. The first-order valence-electron chi connectivity index (χ1n) is 8.32. The minimum Gasteiger partial charge on any atom is -0.508 e. The smallest absolute Gasteiger partial charge is 0.254 e. The molecule has 5 heteroatoms. The summed E-state index contributed by atoms with van der Waals surface area (Å²) < 4.78 is 0. The Bertz CT molecular complexity index is 739. The van der Waals surface area contributed by atoms with Crippen LogP contribution in [0.15, 0.2) is 48.5 Å². The van der Waals surface area contributed by atoms with Gasteiger partial charge in [0.15, 0.2) is 0 Å². The van der Waals surface area contributed by atoms with Crippen molar-refractivity contribution in [2.45, 2.75) is 19.9 Å². The number of benzene rings is 2. The third-order valence-electron chi connectivity index (χ3n) is 3.92. The summed E-state index contributed by atoms with van der Waals surface area (Å²) in [5, 5.41) is 9.95. The highest BCUT2D eigenvalue weighted by atomic mass is 16.3. The lowest BCUT2D eigenvalue weighted by atomic mass is 10.1. The molecule has 2 rings (SSSR count). The van der Waals surface area contributed by atoms with Crippen LogP contribution in [0.25, 0.3) is 0 Å². The Hall–Kier alpha value is -2.82. The van der Waals surface area contributed by atoms with E-state index < -0.39 is 0 Å². The van der Waals surface area contributed by atoms with Crippen molar-refractivity contribution < 1.29 is 14.7 Å². The Balaban J connectivity index is 2.19. The Morgan fingerprint density at radius 3 is 2.00 bits per heavy atom. The normalized spacial score (nSPS) is 10.4. The first kappa shape index (κ1) is 18.5. The maximum Gasteiger partial charge on any atom is 0.254 e. The van der Waals surface area contributed by atoms with Crippen molar-refractivity contribution in [3.63, 3.8) is 0 Å². The lowest BCUT2D eigenvalue weighted by molar-refractivity contribution is 0.0740. The van der Waals surface area contributed by atoms with Gasteiger partial charge in [0.05, 0.1) is 0 Å². The molecular weight excluding hydrogens is 316 g/mol. The lowest BCUT2D eigenvalue weighted by Crippen LogP contribution is -2.31. The summed E-state index contributed by atoms with van der Waals surface area (Å²) in [5.41, 5.74) is 1.78. The third kappa shape index (κ3) is 4.59. The second-order valence-corrected chi connectivity index (χ2v) is 6.13. The number of hydrogen-bond donors (Lipinski definition) is 1. The van der Waals surface area contributed by atoms with E-state index in [4.69, 9.17) is 0 Å². The summed E-state index contributed by atoms with van der Waals surface area (Å²) >= 11 is 0. The van der Waals surface area contributed by atoms with Gasteiger partial charge in [0.1, 0.15) is 5.75 Å². The molecule has 0 unspecified atom stereocenters. The van der Waals surface area contributed by atoms with Gasteiger partial charge in [-0.15, -0.1) is 0 Å². The fourth-order valence-corrected chi connectivity index (χ4v) is 2.57. The molecule has 5 nitrogen and oxygen atoms in total. The number of amides is 2. The largest absolute Gasteiger partial charge is 0.508 e. The van der Waals surface area contributed by atoms with Gasteiger partial charge in [-0.25, -0.2) is 0 Å². The van der Waals surface area contributed by atoms with Crippen LogP contribution in [0.3, 0.4) is 0 Å². The molecule has 25 heavy (non-hydrogen) atoms. The van der Waals surface area contributed by atoms with E-state index in [1.54, 1.807) is 55.4 Å². The molecule has 0 saturated carbocycles. The molecule has 0 bridgehead atoms. The average Bonchev–Trinajstić information content (AvgIpc) is 2.62. The second-order valence-electron chi connectivity index (χ2n) is 6.13. The maximum absolute atomic E-state index is 12.8. The average molecular weight is 340 g/mol. The van der Waals surface area contributed by atoms with Gasteiger partial charge in [-0.05, 0) is 36.8 Å². The zero-order valence-electron chi connectivity index (χ0n) is 14.9. The van der Waals surface area contributed by atoms with Gasteiger partial charge in [-0.2, -0.15) is 0 Å². The summed E-state index contributed by atoms with van der Waals surface area (Å²) in [6, 6.07) is 13.7. The number of carbonyl (C=O) groups excluding carboxylic acids is 2. The Morgan fingerprint density at radius 1 is 0.920 bits per heavy atom. The number of para-hydroxylation sites is 1. The number of rotatable bonds is 6. The summed E-state index contributed by atoms with van der Waals surface area (Å²) in [7, 11) is 3.38. The van der Waals surface area contributed by atoms with E-state index in [2.05, 4.69) is 0 Å². The van der Waals surface area contributed by atoms with E-state index in [1.165, 1.54) is 4.90 Å². The highest BCUT2D eigenvalue weighted by molar-refractivity contribution is 5.97. The Morgan fingerprint density at radius 2 is 1.48 bits per heavy atom. The highest BCUT2D eigenvalue weighted by Crippen LogP contribution is 2.19. The summed E-state index contributed by atoms with van der Waals surface area (Å²) in [6.45, 7) is 2.94. The Labute approximate surface area is 148 Å². The number of carbonyl (C=O) groups is 2. The molecule has 0 atom stereocenters.